The van der Waals surface area contributed by atoms with E-state index >= 15 is 0 Å². The molecule has 0 spiro atoms. The predicted octanol–water partition coefficient (Wildman–Crippen LogP) is 3.33. The van der Waals surface area contributed by atoms with Crippen molar-refractivity contribution >= 4 is 11.6 Å². The van der Waals surface area contributed by atoms with E-state index < -0.39 is 6.10 Å². The monoisotopic (exact) mass is 209 g/mol. The first kappa shape index (κ1) is 10.9. The SMILES string of the molecule is CCC(C#N)Oc1cccc(C)c1Cl. The summed E-state index contributed by atoms with van der Waals surface area (Å²) in [5, 5.41) is 9.31. The van der Waals surface area contributed by atoms with E-state index in [0.29, 0.717) is 17.2 Å². The first-order chi connectivity index (χ1) is 6.69. The van der Waals surface area contributed by atoms with Crippen LogP contribution in [-0.4, -0.2) is 6.10 Å². The molecule has 0 fully saturated rings. The number of rotatable bonds is 3. The second-order valence-corrected chi connectivity index (χ2v) is 3.41. The van der Waals surface area contributed by atoms with Crippen molar-refractivity contribution in [3.05, 3.63) is 28.8 Å². The van der Waals surface area contributed by atoms with Crippen LogP contribution in [-0.2, 0) is 0 Å². The summed E-state index contributed by atoms with van der Waals surface area (Å²) >= 11 is 6.02. The highest BCUT2D eigenvalue weighted by Gasteiger charge is 2.09. The van der Waals surface area contributed by atoms with Gasteiger partial charge in [0.25, 0.3) is 0 Å². The van der Waals surface area contributed by atoms with Crippen molar-refractivity contribution in [3.8, 4) is 11.8 Å². The summed E-state index contributed by atoms with van der Waals surface area (Å²) in [5.41, 5.74) is 0.956. The molecular weight excluding hydrogens is 198 g/mol. The summed E-state index contributed by atoms with van der Waals surface area (Å²) < 4.78 is 5.43. The molecule has 1 aromatic carbocycles. The Balaban J connectivity index is 2.87. The second-order valence-electron chi connectivity index (χ2n) is 3.03. The van der Waals surface area contributed by atoms with Crippen LogP contribution in [0.15, 0.2) is 18.2 Å². The van der Waals surface area contributed by atoms with Gasteiger partial charge in [0.05, 0.1) is 5.02 Å². The molecule has 0 N–H and O–H groups in total. The molecule has 1 aromatic rings. The average molecular weight is 210 g/mol. The maximum absolute atomic E-state index is 8.73. The molecule has 0 saturated carbocycles. The van der Waals surface area contributed by atoms with Crippen molar-refractivity contribution in [1.82, 2.24) is 0 Å². The first-order valence-corrected chi connectivity index (χ1v) is 4.88. The van der Waals surface area contributed by atoms with Crippen LogP contribution in [0.1, 0.15) is 18.9 Å². The molecule has 0 aromatic heterocycles. The molecule has 1 rings (SSSR count). The Morgan fingerprint density at radius 2 is 2.29 bits per heavy atom. The Morgan fingerprint density at radius 1 is 1.57 bits per heavy atom. The molecule has 14 heavy (non-hydrogen) atoms. The molecule has 0 bridgehead atoms. The average Bonchev–Trinajstić information content (AvgIpc) is 2.20. The van der Waals surface area contributed by atoms with E-state index in [9.17, 15) is 0 Å². The van der Waals surface area contributed by atoms with Crippen LogP contribution >= 0.6 is 11.6 Å². The molecule has 3 heteroatoms. The molecule has 0 heterocycles. The molecule has 0 amide bonds. The van der Waals surface area contributed by atoms with Gasteiger partial charge in [-0.05, 0) is 25.0 Å². The van der Waals surface area contributed by atoms with E-state index in [-0.39, 0.29) is 0 Å². The topological polar surface area (TPSA) is 33.0 Å². The standard InChI is InChI=1S/C11H12ClNO/c1-3-9(7-13)14-10-6-4-5-8(2)11(10)12/h4-6,9H,3H2,1-2H3. The number of hydrogen-bond acceptors (Lipinski definition) is 2. The highest BCUT2D eigenvalue weighted by atomic mass is 35.5. The maximum Gasteiger partial charge on any atom is 0.184 e. The third kappa shape index (κ3) is 2.40. The summed E-state index contributed by atoms with van der Waals surface area (Å²) in [4.78, 5) is 0. The lowest BCUT2D eigenvalue weighted by atomic mass is 10.2. The minimum absolute atomic E-state index is 0.422. The highest BCUT2D eigenvalue weighted by Crippen LogP contribution is 2.28. The van der Waals surface area contributed by atoms with Gasteiger partial charge in [0, 0.05) is 0 Å². The summed E-state index contributed by atoms with van der Waals surface area (Å²) in [6.45, 7) is 3.81. The fourth-order valence-electron chi connectivity index (χ4n) is 1.07. The fraction of sp³-hybridized carbons (Fsp3) is 0.364. The number of aryl methyl sites for hydroxylation is 1. The lowest BCUT2D eigenvalue weighted by Crippen LogP contribution is -2.12. The van der Waals surface area contributed by atoms with E-state index in [0.717, 1.165) is 5.56 Å². The minimum Gasteiger partial charge on any atom is -0.474 e. The lowest BCUT2D eigenvalue weighted by Gasteiger charge is -2.12. The molecular formula is C11H12ClNO. The van der Waals surface area contributed by atoms with Gasteiger partial charge in [-0.3, -0.25) is 0 Å². The van der Waals surface area contributed by atoms with Crippen LogP contribution in [0.25, 0.3) is 0 Å². The number of nitrogens with zero attached hydrogens (tertiary/aromatic N) is 1. The van der Waals surface area contributed by atoms with Crippen molar-refractivity contribution in [3.63, 3.8) is 0 Å². The summed E-state index contributed by atoms with van der Waals surface area (Å²) in [6.07, 6.45) is 0.232. The van der Waals surface area contributed by atoms with Gasteiger partial charge in [0.1, 0.15) is 11.8 Å². The summed E-state index contributed by atoms with van der Waals surface area (Å²) in [6, 6.07) is 7.61. The molecule has 0 saturated heterocycles. The third-order valence-corrected chi connectivity index (χ3v) is 2.42. The van der Waals surface area contributed by atoms with Gasteiger partial charge >= 0.3 is 0 Å². The number of ether oxygens (including phenoxy) is 1. The zero-order chi connectivity index (χ0) is 10.6. The number of halogens is 1. The Kier molecular flexibility index (Phi) is 3.79. The Bertz CT molecular complexity index is 357. The van der Waals surface area contributed by atoms with Gasteiger partial charge in [-0.1, -0.05) is 30.7 Å². The van der Waals surface area contributed by atoms with Crippen LogP contribution in [0.5, 0.6) is 5.75 Å². The van der Waals surface area contributed by atoms with E-state index in [1.54, 1.807) is 6.07 Å². The van der Waals surface area contributed by atoms with Crippen LogP contribution in [0.4, 0.5) is 0 Å². The highest BCUT2D eigenvalue weighted by molar-refractivity contribution is 6.32. The molecule has 1 atom stereocenters. The van der Waals surface area contributed by atoms with Crippen molar-refractivity contribution in [2.75, 3.05) is 0 Å². The maximum atomic E-state index is 8.73. The summed E-state index contributed by atoms with van der Waals surface area (Å²) in [5.74, 6) is 0.583. The Hall–Kier alpha value is -1.20. The van der Waals surface area contributed by atoms with Crippen LogP contribution < -0.4 is 4.74 Å². The van der Waals surface area contributed by atoms with Gasteiger partial charge in [-0.2, -0.15) is 5.26 Å². The Morgan fingerprint density at radius 3 is 2.86 bits per heavy atom. The molecule has 2 nitrogen and oxygen atoms in total. The number of hydrogen-bond donors (Lipinski definition) is 0. The molecule has 0 radical (unpaired) electrons. The molecule has 1 unspecified atom stereocenters. The van der Waals surface area contributed by atoms with Crippen molar-refractivity contribution in [1.29, 1.82) is 5.26 Å². The minimum atomic E-state index is -0.422. The molecule has 0 aliphatic rings. The zero-order valence-corrected chi connectivity index (χ0v) is 9.01. The molecule has 74 valence electrons. The number of nitriles is 1. The van der Waals surface area contributed by atoms with Crippen LogP contribution in [0.2, 0.25) is 5.02 Å². The molecule has 0 aliphatic heterocycles. The van der Waals surface area contributed by atoms with Gasteiger partial charge in [-0.25, -0.2) is 0 Å². The second kappa shape index (κ2) is 4.88. The quantitative estimate of drug-likeness (QED) is 0.765. The molecule has 0 aliphatic carbocycles. The van der Waals surface area contributed by atoms with Gasteiger partial charge in [-0.15, -0.1) is 0 Å². The van der Waals surface area contributed by atoms with Crippen LogP contribution in [0, 0.1) is 18.3 Å². The normalized spacial score (nSPS) is 11.9. The van der Waals surface area contributed by atoms with Gasteiger partial charge < -0.3 is 4.74 Å². The van der Waals surface area contributed by atoms with E-state index in [1.165, 1.54) is 0 Å². The van der Waals surface area contributed by atoms with E-state index in [2.05, 4.69) is 6.07 Å². The van der Waals surface area contributed by atoms with E-state index in [1.807, 2.05) is 26.0 Å². The summed E-state index contributed by atoms with van der Waals surface area (Å²) in [7, 11) is 0. The van der Waals surface area contributed by atoms with Crippen LogP contribution in [0.3, 0.4) is 0 Å². The smallest absolute Gasteiger partial charge is 0.184 e. The van der Waals surface area contributed by atoms with Crippen molar-refractivity contribution in [2.45, 2.75) is 26.4 Å². The fourth-order valence-corrected chi connectivity index (χ4v) is 1.24. The predicted molar refractivity (Wildman–Crippen MR) is 56.5 cm³/mol. The largest absolute Gasteiger partial charge is 0.474 e. The van der Waals surface area contributed by atoms with Gasteiger partial charge in [0.2, 0.25) is 0 Å². The van der Waals surface area contributed by atoms with Crippen molar-refractivity contribution in [2.24, 2.45) is 0 Å². The van der Waals surface area contributed by atoms with E-state index in [4.69, 9.17) is 21.6 Å². The first-order valence-electron chi connectivity index (χ1n) is 4.50. The lowest BCUT2D eigenvalue weighted by molar-refractivity contribution is 0.252. The number of benzene rings is 1. The third-order valence-electron chi connectivity index (χ3n) is 1.94. The van der Waals surface area contributed by atoms with Crippen molar-refractivity contribution < 1.29 is 4.74 Å². The zero-order valence-electron chi connectivity index (χ0n) is 8.25. The Labute approximate surface area is 89.1 Å². The van der Waals surface area contributed by atoms with Gasteiger partial charge in [0.15, 0.2) is 6.10 Å².